The first-order valence-corrected chi connectivity index (χ1v) is 8.51. The van der Waals surface area contributed by atoms with Crippen molar-refractivity contribution >= 4 is 48.3 Å². The molecule has 8 N–H and O–H groups in total. The van der Waals surface area contributed by atoms with Crippen LogP contribution in [0.25, 0.3) is 0 Å². The van der Waals surface area contributed by atoms with E-state index < -0.39 is 73.1 Å². The Kier molecular flexibility index (Phi) is 11.2. The predicted molar refractivity (Wildman–Crippen MR) is 95.5 cm³/mol. The predicted octanol–water partition coefficient (Wildman–Crippen LogP) is -3.25. The van der Waals surface area contributed by atoms with Gasteiger partial charge in [0.15, 0.2) is 0 Å². The van der Waals surface area contributed by atoms with Crippen molar-refractivity contribution in [3.63, 3.8) is 0 Å². The fraction of sp³-hybridized carbons (Fsp3) is 0.571. The maximum atomic E-state index is 12.3. The highest BCUT2D eigenvalue weighted by molar-refractivity contribution is 7.80. The van der Waals surface area contributed by atoms with Crippen LogP contribution < -0.4 is 21.7 Å². The first-order valence-electron chi connectivity index (χ1n) is 7.88. The molecule has 28 heavy (non-hydrogen) atoms. The number of hydrogen-bond acceptors (Lipinski definition) is 8. The van der Waals surface area contributed by atoms with Crippen molar-refractivity contribution in [2.45, 2.75) is 37.4 Å². The summed E-state index contributed by atoms with van der Waals surface area (Å²) in [6.07, 6.45) is -1.48. The van der Waals surface area contributed by atoms with Crippen molar-refractivity contribution in [2.24, 2.45) is 5.73 Å². The highest BCUT2D eigenvalue weighted by atomic mass is 32.1. The van der Waals surface area contributed by atoms with E-state index in [0.29, 0.717) is 0 Å². The second kappa shape index (κ2) is 12.5. The Morgan fingerprint density at radius 3 is 1.86 bits per heavy atom. The number of carboxylic acid groups (broad SMARTS) is 3. The van der Waals surface area contributed by atoms with Gasteiger partial charge < -0.3 is 37.0 Å². The van der Waals surface area contributed by atoms with Gasteiger partial charge in [-0.25, -0.2) is 0 Å². The lowest BCUT2D eigenvalue weighted by atomic mass is 10.1. The Bertz CT molecular complexity index is 628. The second-order valence-corrected chi connectivity index (χ2v) is 5.92. The molecule has 0 saturated carbocycles. The number of carbonyl (C=O) groups excluding carboxylic acids is 3. The summed E-state index contributed by atoms with van der Waals surface area (Å²) in [5.74, 6) is -7.02. The highest BCUT2D eigenvalue weighted by Gasteiger charge is 2.29. The van der Waals surface area contributed by atoms with Crippen LogP contribution in [0.1, 0.15) is 19.3 Å². The van der Waals surface area contributed by atoms with E-state index in [4.69, 9.17) is 21.1 Å². The molecule has 0 aromatic rings. The first-order chi connectivity index (χ1) is 13.0. The zero-order valence-electron chi connectivity index (χ0n) is 14.6. The second-order valence-electron chi connectivity index (χ2n) is 5.55. The molecule has 0 bridgehead atoms. The first kappa shape index (κ1) is 25.1. The molecule has 158 valence electrons. The van der Waals surface area contributed by atoms with Crippen LogP contribution in [0.5, 0.6) is 0 Å². The van der Waals surface area contributed by atoms with Crippen LogP contribution in [0.2, 0.25) is 0 Å². The third-order valence-corrected chi connectivity index (χ3v) is 3.61. The van der Waals surface area contributed by atoms with E-state index in [2.05, 4.69) is 23.3 Å². The third-order valence-electron chi connectivity index (χ3n) is 3.25. The van der Waals surface area contributed by atoms with E-state index in [1.54, 1.807) is 0 Å². The molecule has 0 heterocycles. The zero-order chi connectivity index (χ0) is 21.9. The summed E-state index contributed by atoms with van der Waals surface area (Å²) in [6.45, 7) is -0.702. The summed E-state index contributed by atoms with van der Waals surface area (Å²) >= 11 is 3.86. The number of amides is 3. The molecule has 0 spiro atoms. The maximum absolute atomic E-state index is 12.3. The Balaban J connectivity index is 5.01. The lowest BCUT2D eigenvalue weighted by molar-refractivity contribution is -0.141. The molecule has 0 aliphatic carbocycles. The molecular formula is C14H22N4O9S. The normalized spacial score (nSPS) is 13.5. The van der Waals surface area contributed by atoms with Crippen molar-refractivity contribution in [1.29, 1.82) is 0 Å². The summed E-state index contributed by atoms with van der Waals surface area (Å²) < 4.78 is 0. The summed E-state index contributed by atoms with van der Waals surface area (Å²) in [6, 6.07) is -4.18. The van der Waals surface area contributed by atoms with Crippen LogP contribution in [0.4, 0.5) is 0 Å². The number of hydrogen-bond donors (Lipinski definition) is 8. The molecule has 3 atom stereocenters. The van der Waals surface area contributed by atoms with Crippen LogP contribution in [0, 0.1) is 0 Å². The topological polar surface area (TPSA) is 225 Å². The van der Waals surface area contributed by atoms with Crippen LogP contribution in [0.15, 0.2) is 0 Å². The lowest BCUT2D eigenvalue weighted by Gasteiger charge is -2.22. The van der Waals surface area contributed by atoms with E-state index >= 15 is 0 Å². The summed E-state index contributed by atoms with van der Waals surface area (Å²) in [5.41, 5.74) is 5.50. The number of nitrogens with one attached hydrogen (secondary N) is 3. The maximum Gasteiger partial charge on any atom is 0.322 e. The lowest BCUT2D eigenvalue weighted by Crippen LogP contribution is -2.57. The summed E-state index contributed by atoms with van der Waals surface area (Å²) in [5, 5.41) is 32.3. The van der Waals surface area contributed by atoms with E-state index in [0.717, 1.165) is 0 Å². The number of aliphatic carboxylic acids is 3. The minimum Gasteiger partial charge on any atom is -0.481 e. The number of thiol groups is 1. The van der Waals surface area contributed by atoms with E-state index in [9.17, 15) is 28.8 Å². The molecule has 3 amide bonds. The van der Waals surface area contributed by atoms with Crippen molar-refractivity contribution in [1.82, 2.24) is 16.0 Å². The molecule has 14 heteroatoms. The molecular weight excluding hydrogens is 400 g/mol. The average Bonchev–Trinajstić information content (AvgIpc) is 2.60. The van der Waals surface area contributed by atoms with Crippen molar-refractivity contribution < 1.29 is 44.1 Å². The van der Waals surface area contributed by atoms with Gasteiger partial charge in [-0.05, 0) is 6.42 Å². The van der Waals surface area contributed by atoms with E-state index in [1.807, 2.05) is 5.32 Å². The average molecular weight is 422 g/mol. The number of carbonyl (C=O) groups is 6. The van der Waals surface area contributed by atoms with Gasteiger partial charge in [0, 0.05) is 12.2 Å². The van der Waals surface area contributed by atoms with Gasteiger partial charge in [-0.3, -0.25) is 28.8 Å². The molecule has 0 aliphatic heterocycles. The van der Waals surface area contributed by atoms with Crippen LogP contribution in [-0.2, 0) is 28.8 Å². The van der Waals surface area contributed by atoms with Crippen LogP contribution in [-0.4, -0.2) is 81.4 Å². The van der Waals surface area contributed by atoms with Gasteiger partial charge in [-0.1, -0.05) is 0 Å². The number of nitrogens with two attached hydrogens (primary N) is 1. The minimum absolute atomic E-state index is 0.233. The Labute approximate surface area is 164 Å². The van der Waals surface area contributed by atoms with Crippen molar-refractivity contribution in [3.05, 3.63) is 0 Å². The highest BCUT2D eigenvalue weighted by Crippen LogP contribution is 2.00. The van der Waals surface area contributed by atoms with Gasteiger partial charge in [0.25, 0.3) is 0 Å². The smallest absolute Gasteiger partial charge is 0.322 e. The fourth-order valence-electron chi connectivity index (χ4n) is 1.83. The molecule has 0 aromatic carbocycles. The molecule has 0 aliphatic rings. The van der Waals surface area contributed by atoms with Gasteiger partial charge >= 0.3 is 17.9 Å². The van der Waals surface area contributed by atoms with Gasteiger partial charge in [-0.15, -0.1) is 0 Å². The van der Waals surface area contributed by atoms with Gasteiger partial charge in [-0.2, -0.15) is 12.6 Å². The fourth-order valence-corrected chi connectivity index (χ4v) is 2.08. The Hall–Kier alpha value is -2.87. The SMILES string of the molecule is NC(CCC(=O)O)C(=O)NC(CC(=O)O)C(=O)NC(CS)C(=O)NCC(=O)O. The Morgan fingerprint density at radius 2 is 1.39 bits per heavy atom. The third kappa shape index (κ3) is 10.3. The van der Waals surface area contributed by atoms with E-state index in [1.165, 1.54) is 0 Å². The minimum atomic E-state index is -1.60. The standard InChI is InChI=1S/C14H22N4O9S/c15-6(1-2-9(19)20)12(25)17-7(3-10(21)22)14(27)18-8(5-28)13(26)16-4-11(23)24/h6-8,28H,1-5,15H2,(H,16,26)(H,17,25)(H,18,27)(H,19,20)(H,21,22)(H,23,24). The molecule has 0 fully saturated rings. The molecule has 0 aromatic heterocycles. The summed E-state index contributed by atoms with van der Waals surface area (Å²) in [7, 11) is 0. The largest absolute Gasteiger partial charge is 0.481 e. The zero-order valence-corrected chi connectivity index (χ0v) is 15.5. The Morgan fingerprint density at radius 1 is 0.821 bits per heavy atom. The number of rotatable bonds is 13. The van der Waals surface area contributed by atoms with Crippen LogP contribution in [0.3, 0.4) is 0 Å². The van der Waals surface area contributed by atoms with Gasteiger partial charge in [0.05, 0.1) is 12.5 Å². The van der Waals surface area contributed by atoms with Crippen LogP contribution >= 0.6 is 12.6 Å². The molecule has 13 nitrogen and oxygen atoms in total. The number of carboxylic acids is 3. The molecule has 0 radical (unpaired) electrons. The molecule has 0 rings (SSSR count). The molecule has 3 unspecified atom stereocenters. The van der Waals surface area contributed by atoms with Crippen molar-refractivity contribution in [2.75, 3.05) is 12.3 Å². The molecule has 0 saturated heterocycles. The van der Waals surface area contributed by atoms with Crippen molar-refractivity contribution in [3.8, 4) is 0 Å². The van der Waals surface area contributed by atoms with Gasteiger partial charge in [0.1, 0.15) is 18.6 Å². The monoisotopic (exact) mass is 422 g/mol. The van der Waals surface area contributed by atoms with E-state index in [-0.39, 0.29) is 12.2 Å². The summed E-state index contributed by atoms with van der Waals surface area (Å²) in [4.78, 5) is 68.0. The van der Waals surface area contributed by atoms with Gasteiger partial charge in [0.2, 0.25) is 17.7 Å². The quantitative estimate of drug-likeness (QED) is 0.138.